The Bertz CT molecular complexity index is 124. The molecule has 0 spiro atoms. The molecule has 0 fully saturated rings. The molecule has 0 saturated carbocycles. The number of halogens is 2. The number of rotatable bonds is 5. The standard InChI is InChI=1S/C9H19F2N/c1-7(2)5-6-9(10,11)8(3)12-4/h7-8,12H,5-6H2,1-4H3. The zero-order chi connectivity index (χ0) is 9.78. The SMILES string of the molecule is CNC(C)C(F)(F)CCC(C)C. The molecule has 0 bridgehead atoms. The first-order valence-corrected chi connectivity index (χ1v) is 4.45. The molecule has 0 rings (SSSR count). The van der Waals surface area contributed by atoms with Crippen LogP contribution in [0.25, 0.3) is 0 Å². The average molecular weight is 179 g/mol. The molecule has 3 heteroatoms. The predicted octanol–water partition coefficient (Wildman–Crippen LogP) is 2.67. The highest BCUT2D eigenvalue weighted by atomic mass is 19.3. The van der Waals surface area contributed by atoms with Gasteiger partial charge in [0, 0.05) is 6.42 Å². The van der Waals surface area contributed by atoms with Gasteiger partial charge >= 0.3 is 0 Å². The molecule has 0 aromatic carbocycles. The molecule has 0 aromatic heterocycles. The fraction of sp³-hybridized carbons (Fsp3) is 1.00. The minimum Gasteiger partial charge on any atom is -0.312 e. The summed E-state index contributed by atoms with van der Waals surface area (Å²) in [7, 11) is 1.56. The third-order valence-corrected chi connectivity index (χ3v) is 2.12. The van der Waals surface area contributed by atoms with Gasteiger partial charge in [-0.15, -0.1) is 0 Å². The zero-order valence-electron chi connectivity index (χ0n) is 8.32. The van der Waals surface area contributed by atoms with E-state index in [4.69, 9.17) is 0 Å². The van der Waals surface area contributed by atoms with Crippen LogP contribution in [0.1, 0.15) is 33.6 Å². The molecule has 0 aromatic rings. The van der Waals surface area contributed by atoms with Crippen LogP contribution in [0, 0.1) is 5.92 Å². The van der Waals surface area contributed by atoms with Crippen LogP contribution < -0.4 is 5.32 Å². The smallest absolute Gasteiger partial charge is 0.262 e. The summed E-state index contributed by atoms with van der Waals surface area (Å²) in [6.07, 6.45) is 0.561. The lowest BCUT2D eigenvalue weighted by atomic mass is 10.0. The first kappa shape index (κ1) is 11.8. The van der Waals surface area contributed by atoms with E-state index >= 15 is 0 Å². The molecule has 0 aliphatic carbocycles. The van der Waals surface area contributed by atoms with Crippen molar-refractivity contribution in [1.29, 1.82) is 0 Å². The van der Waals surface area contributed by atoms with Crippen LogP contribution in [0.15, 0.2) is 0 Å². The van der Waals surface area contributed by atoms with Gasteiger partial charge in [0.25, 0.3) is 5.92 Å². The average Bonchev–Trinajstić information content (AvgIpc) is 1.99. The normalized spacial score (nSPS) is 15.2. The second-order valence-corrected chi connectivity index (χ2v) is 3.70. The van der Waals surface area contributed by atoms with Gasteiger partial charge in [-0.25, -0.2) is 8.78 Å². The van der Waals surface area contributed by atoms with Crippen LogP contribution in [0.5, 0.6) is 0 Å². The van der Waals surface area contributed by atoms with E-state index in [-0.39, 0.29) is 6.42 Å². The molecular weight excluding hydrogens is 160 g/mol. The topological polar surface area (TPSA) is 12.0 Å². The summed E-state index contributed by atoms with van der Waals surface area (Å²) >= 11 is 0. The molecule has 1 N–H and O–H groups in total. The van der Waals surface area contributed by atoms with E-state index in [2.05, 4.69) is 5.32 Å². The second kappa shape index (κ2) is 4.75. The van der Waals surface area contributed by atoms with Crippen molar-refractivity contribution in [3.05, 3.63) is 0 Å². The Hall–Kier alpha value is -0.180. The van der Waals surface area contributed by atoms with Crippen molar-refractivity contribution in [2.45, 2.75) is 45.6 Å². The Morgan fingerprint density at radius 2 is 1.75 bits per heavy atom. The van der Waals surface area contributed by atoms with E-state index in [0.717, 1.165) is 0 Å². The van der Waals surface area contributed by atoms with Gasteiger partial charge in [-0.3, -0.25) is 0 Å². The molecule has 0 aliphatic heterocycles. The van der Waals surface area contributed by atoms with Gasteiger partial charge in [0.1, 0.15) is 0 Å². The summed E-state index contributed by atoms with van der Waals surface area (Å²) < 4.78 is 26.2. The van der Waals surface area contributed by atoms with Gasteiger partial charge in [0.05, 0.1) is 6.04 Å². The highest BCUT2D eigenvalue weighted by molar-refractivity contribution is 4.78. The van der Waals surface area contributed by atoms with Crippen LogP contribution in [0.3, 0.4) is 0 Å². The maximum absolute atomic E-state index is 13.1. The van der Waals surface area contributed by atoms with Gasteiger partial charge in [0.2, 0.25) is 0 Å². The van der Waals surface area contributed by atoms with Crippen molar-refractivity contribution in [1.82, 2.24) is 5.32 Å². The van der Waals surface area contributed by atoms with Crippen molar-refractivity contribution in [3.8, 4) is 0 Å². The van der Waals surface area contributed by atoms with Crippen LogP contribution in [0.2, 0.25) is 0 Å². The molecule has 1 nitrogen and oxygen atoms in total. The maximum Gasteiger partial charge on any atom is 0.262 e. The lowest BCUT2D eigenvalue weighted by molar-refractivity contribution is -0.0409. The third kappa shape index (κ3) is 4.00. The summed E-state index contributed by atoms with van der Waals surface area (Å²) in [5, 5.41) is 2.58. The van der Waals surface area contributed by atoms with Crippen LogP contribution in [-0.2, 0) is 0 Å². The first-order valence-electron chi connectivity index (χ1n) is 4.45. The van der Waals surface area contributed by atoms with Gasteiger partial charge in [-0.05, 0) is 26.3 Å². The van der Waals surface area contributed by atoms with Gasteiger partial charge in [-0.2, -0.15) is 0 Å². The van der Waals surface area contributed by atoms with Gasteiger partial charge < -0.3 is 5.32 Å². The molecule has 0 aliphatic rings. The summed E-state index contributed by atoms with van der Waals surface area (Å²) in [5.74, 6) is -2.22. The fourth-order valence-corrected chi connectivity index (χ4v) is 0.909. The molecule has 0 heterocycles. The molecule has 0 amide bonds. The van der Waals surface area contributed by atoms with Crippen molar-refractivity contribution in [2.24, 2.45) is 5.92 Å². The minimum absolute atomic E-state index is 0.0212. The first-order chi connectivity index (χ1) is 5.40. The predicted molar refractivity (Wildman–Crippen MR) is 47.5 cm³/mol. The van der Waals surface area contributed by atoms with E-state index in [1.165, 1.54) is 6.92 Å². The molecule has 1 atom stereocenters. The van der Waals surface area contributed by atoms with Crippen LogP contribution >= 0.6 is 0 Å². The van der Waals surface area contributed by atoms with E-state index < -0.39 is 12.0 Å². The van der Waals surface area contributed by atoms with E-state index in [0.29, 0.717) is 12.3 Å². The molecule has 1 unspecified atom stereocenters. The highest BCUT2D eigenvalue weighted by Crippen LogP contribution is 2.26. The highest BCUT2D eigenvalue weighted by Gasteiger charge is 2.34. The molecule has 0 saturated heterocycles. The lowest BCUT2D eigenvalue weighted by Gasteiger charge is -2.23. The van der Waals surface area contributed by atoms with Gasteiger partial charge in [0.15, 0.2) is 0 Å². The molecule has 12 heavy (non-hydrogen) atoms. The number of nitrogens with one attached hydrogen (secondary N) is 1. The Morgan fingerprint density at radius 1 is 1.25 bits per heavy atom. The molecule has 0 radical (unpaired) electrons. The number of alkyl halides is 2. The van der Waals surface area contributed by atoms with Crippen LogP contribution in [-0.4, -0.2) is 19.0 Å². The Kier molecular flexibility index (Phi) is 4.68. The quantitative estimate of drug-likeness (QED) is 0.684. The Labute approximate surface area is 73.5 Å². The largest absolute Gasteiger partial charge is 0.312 e. The van der Waals surface area contributed by atoms with E-state index in [1.807, 2.05) is 13.8 Å². The molecular formula is C9H19F2N. The summed E-state index contributed by atoms with van der Waals surface area (Å²) in [6, 6.07) is -0.726. The third-order valence-electron chi connectivity index (χ3n) is 2.12. The summed E-state index contributed by atoms with van der Waals surface area (Å²) in [5.41, 5.74) is 0. The fourth-order valence-electron chi connectivity index (χ4n) is 0.909. The van der Waals surface area contributed by atoms with Crippen molar-refractivity contribution >= 4 is 0 Å². The summed E-state index contributed by atoms with van der Waals surface area (Å²) in [6.45, 7) is 5.43. The van der Waals surface area contributed by atoms with Gasteiger partial charge in [-0.1, -0.05) is 13.8 Å². The van der Waals surface area contributed by atoms with Crippen molar-refractivity contribution in [2.75, 3.05) is 7.05 Å². The summed E-state index contributed by atoms with van der Waals surface area (Å²) in [4.78, 5) is 0. The van der Waals surface area contributed by atoms with E-state index in [1.54, 1.807) is 7.05 Å². The van der Waals surface area contributed by atoms with E-state index in [9.17, 15) is 8.78 Å². The zero-order valence-corrected chi connectivity index (χ0v) is 8.32. The second-order valence-electron chi connectivity index (χ2n) is 3.70. The maximum atomic E-state index is 13.1. The number of hydrogen-bond donors (Lipinski definition) is 1. The monoisotopic (exact) mass is 179 g/mol. The van der Waals surface area contributed by atoms with Crippen molar-refractivity contribution < 1.29 is 8.78 Å². The molecule has 74 valence electrons. The Morgan fingerprint density at radius 3 is 2.08 bits per heavy atom. The lowest BCUT2D eigenvalue weighted by Crippen LogP contribution is -2.40. The van der Waals surface area contributed by atoms with Crippen LogP contribution in [0.4, 0.5) is 8.78 Å². The van der Waals surface area contributed by atoms with Crippen molar-refractivity contribution in [3.63, 3.8) is 0 Å². The Balaban J connectivity index is 3.86. The minimum atomic E-state index is -2.57. The number of hydrogen-bond acceptors (Lipinski definition) is 1.